The molecule has 18 heteroatoms. The zero-order chi connectivity index (χ0) is 44.1. The minimum Gasteiger partial charge on any atom is -0.386 e. The third-order valence-electron chi connectivity index (χ3n) is 12.4. The summed E-state index contributed by atoms with van der Waals surface area (Å²) in [5, 5.41) is 20.1. The molecular weight excluding hydrogens is 828 g/mol. The number of hydrogen-bond acceptors (Lipinski definition) is 11. The zero-order valence-corrected chi connectivity index (χ0v) is 35.0. The Bertz CT molecular complexity index is 2470. The first kappa shape index (κ1) is 42.9. The van der Waals surface area contributed by atoms with Crippen molar-refractivity contribution in [3.8, 4) is 0 Å². The predicted octanol–water partition coefficient (Wildman–Crippen LogP) is 6.61. The minimum atomic E-state index is -4.71. The number of nitrogens with zero attached hydrogens (tertiary/aromatic N) is 4. The van der Waals surface area contributed by atoms with Gasteiger partial charge in [0.2, 0.25) is 17.7 Å². The number of halogens is 3. The van der Waals surface area contributed by atoms with Crippen LogP contribution in [0.2, 0.25) is 0 Å². The van der Waals surface area contributed by atoms with E-state index < -0.39 is 58.7 Å². The maximum absolute atomic E-state index is 13.7. The van der Waals surface area contributed by atoms with Crippen molar-refractivity contribution in [3.05, 3.63) is 81.6 Å². The maximum Gasteiger partial charge on any atom is 0.433 e. The molecule has 1 atom stereocenters. The number of anilines is 2. The maximum atomic E-state index is 13.7. The Balaban J connectivity index is 0.828. The molecule has 62 heavy (non-hydrogen) atoms. The molecule has 326 valence electrons. The Labute approximate surface area is 358 Å². The number of imide groups is 2. The van der Waals surface area contributed by atoms with Crippen LogP contribution in [0.3, 0.4) is 0 Å². The van der Waals surface area contributed by atoms with E-state index in [0.29, 0.717) is 55.2 Å². The second-order valence-electron chi connectivity index (χ2n) is 17.0. The molecule has 3 aliphatic heterocycles. The van der Waals surface area contributed by atoms with Crippen molar-refractivity contribution in [3.63, 3.8) is 0 Å². The van der Waals surface area contributed by atoms with Gasteiger partial charge in [0.05, 0.1) is 32.0 Å². The number of rotatable bonds is 10. The number of carbonyl (C=O) groups excluding carboxylic acids is 6. The van der Waals surface area contributed by atoms with E-state index in [1.54, 1.807) is 44.2 Å². The number of likely N-dealkylation sites (tertiary alicyclic amines) is 1. The van der Waals surface area contributed by atoms with Crippen molar-refractivity contribution in [2.45, 2.75) is 95.4 Å². The molecular formula is C44H46F3N7O7S. The summed E-state index contributed by atoms with van der Waals surface area (Å²) in [5.74, 6) is -2.48. The van der Waals surface area contributed by atoms with Crippen LogP contribution in [-0.2, 0) is 26.2 Å². The summed E-state index contributed by atoms with van der Waals surface area (Å²) in [7, 11) is 0. The third-order valence-corrected chi connectivity index (χ3v) is 13.6. The molecule has 2 aromatic heterocycles. The van der Waals surface area contributed by atoms with E-state index in [9.17, 15) is 47.0 Å². The Kier molecular flexibility index (Phi) is 11.7. The number of benzene rings is 2. The number of carbonyl (C=O) groups is 6. The molecule has 2 saturated heterocycles. The lowest BCUT2D eigenvalue weighted by Gasteiger charge is -2.36. The Morgan fingerprint density at radius 2 is 1.63 bits per heavy atom. The number of nitrogens with one attached hydrogen (secondary N) is 3. The summed E-state index contributed by atoms with van der Waals surface area (Å²) in [5.41, 5.74) is -0.814. The first-order valence-corrected chi connectivity index (χ1v) is 21.7. The fourth-order valence-corrected chi connectivity index (χ4v) is 10.2. The molecule has 2 aromatic carbocycles. The average molecular weight is 874 g/mol. The summed E-state index contributed by atoms with van der Waals surface area (Å²) in [4.78, 5) is 88.8. The lowest BCUT2D eigenvalue weighted by molar-refractivity contribution is -0.141. The van der Waals surface area contributed by atoms with Crippen LogP contribution in [0.15, 0.2) is 48.5 Å². The number of fused-ring (bicyclic) bond motifs is 2. The number of aliphatic hydroxyl groups is 1. The number of alkyl halides is 3. The fourth-order valence-electron chi connectivity index (χ4n) is 9.04. The number of thiazole rings is 1. The first-order valence-electron chi connectivity index (χ1n) is 20.9. The molecule has 4 aromatic rings. The lowest BCUT2D eigenvalue weighted by atomic mass is 9.81. The number of piperidine rings is 2. The Morgan fingerprint density at radius 1 is 0.903 bits per heavy atom. The van der Waals surface area contributed by atoms with E-state index in [1.165, 1.54) is 17.4 Å². The van der Waals surface area contributed by atoms with E-state index in [0.717, 1.165) is 58.8 Å². The van der Waals surface area contributed by atoms with Gasteiger partial charge in [0.25, 0.3) is 17.7 Å². The van der Waals surface area contributed by atoms with Gasteiger partial charge in [-0.05, 0) is 108 Å². The Hall–Kier alpha value is -5.75. The molecule has 1 saturated carbocycles. The molecule has 8 rings (SSSR count). The molecule has 3 fully saturated rings. The van der Waals surface area contributed by atoms with Crippen molar-refractivity contribution in [2.24, 2.45) is 11.8 Å². The molecule has 4 aliphatic rings. The number of pyridine rings is 1. The molecule has 0 bridgehead atoms. The molecule has 0 radical (unpaired) electrons. The van der Waals surface area contributed by atoms with Crippen molar-refractivity contribution < 1.29 is 47.0 Å². The van der Waals surface area contributed by atoms with Gasteiger partial charge >= 0.3 is 6.18 Å². The van der Waals surface area contributed by atoms with Crippen LogP contribution in [0.1, 0.15) is 125 Å². The van der Waals surface area contributed by atoms with Gasteiger partial charge in [-0.1, -0.05) is 12.1 Å². The highest BCUT2D eigenvalue weighted by Gasteiger charge is 2.46. The van der Waals surface area contributed by atoms with E-state index in [1.807, 2.05) is 4.90 Å². The van der Waals surface area contributed by atoms with Crippen LogP contribution < -0.4 is 16.0 Å². The normalized spacial score (nSPS) is 21.3. The molecule has 5 heterocycles. The highest BCUT2D eigenvalue weighted by Crippen LogP contribution is 2.42. The quantitative estimate of drug-likeness (QED) is 0.126. The molecule has 1 unspecified atom stereocenters. The molecule has 0 spiro atoms. The number of aromatic nitrogens is 2. The summed E-state index contributed by atoms with van der Waals surface area (Å²) in [6.07, 6.45) is 0.871. The second-order valence-corrected chi connectivity index (χ2v) is 18.1. The first-order chi connectivity index (χ1) is 29.5. The second kappa shape index (κ2) is 16.8. The van der Waals surface area contributed by atoms with Crippen LogP contribution >= 0.6 is 11.3 Å². The summed E-state index contributed by atoms with van der Waals surface area (Å²) in [6, 6.07) is 10.4. The fraction of sp³-hybridized carbons (Fsp3) is 0.455. The van der Waals surface area contributed by atoms with E-state index in [-0.39, 0.29) is 47.4 Å². The van der Waals surface area contributed by atoms with Crippen LogP contribution in [0.4, 0.5) is 24.5 Å². The van der Waals surface area contributed by atoms with Crippen LogP contribution in [0, 0.1) is 11.8 Å². The SMILES string of the molecule is CC(C)(O)c1cc2nc(C3CCC(C(=O)N4CCC(CCNc5cccc6c5C(=O)N(C5CCC(=O)NC5=O)C6=O)CC4)CC3)sc2cc1NC(=O)c1cccc(C(F)(F)F)n1. The van der Waals surface area contributed by atoms with Gasteiger partial charge < -0.3 is 20.6 Å². The van der Waals surface area contributed by atoms with Gasteiger partial charge in [-0.25, -0.2) is 9.97 Å². The molecule has 14 nitrogen and oxygen atoms in total. The molecule has 1 aliphatic carbocycles. The largest absolute Gasteiger partial charge is 0.433 e. The van der Waals surface area contributed by atoms with Crippen LogP contribution in [-0.4, -0.2) is 86.0 Å². The van der Waals surface area contributed by atoms with Crippen molar-refractivity contribution >= 4 is 68.4 Å². The summed E-state index contributed by atoms with van der Waals surface area (Å²) < 4.78 is 40.5. The van der Waals surface area contributed by atoms with Crippen molar-refractivity contribution in [1.29, 1.82) is 0 Å². The van der Waals surface area contributed by atoms with E-state index >= 15 is 0 Å². The topological polar surface area (TPSA) is 191 Å². The van der Waals surface area contributed by atoms with Crippen molar-refractivity contribution in [1.82, 2.24) is 25.1 Å². The summed E-state index contributed by atoms with van der Waals surface area (Å²) in [6.45, 7) is 4.96. The van der Waals surface area contributed by atoms with Gasteiger partial charge in [-0.2, -0.15) is 13.2 Å². The highest BCUT2D eigenvalue weighted by atomic mass is 32.1. The minimum absolute atomic E-state index is 0.0487. The zero-order valence-electron chi connectivity index (χ0n) is 34.1. The van der Waals surface area contributed by atoms with Gasteiger partial charge in [-0.3, -0.25) is 39.0 Å². The summed E-state index contributed by atoms with van der Waals surface area (Å²) >= 11 is 1.45. The van der Waals surface area contributed by atoms with Crippen LogP contribution in [0.5, 0.6) is 0 Å². The van der Waals surface area contributed by atoms with E-state index in [2.05, 4.69) is 20.9 Å². The van der Waals surface area contributed by atoms with Gasteiger partial charge in [0.1, 0.15) is 17.4 Å². The van der Waals surface area contributed by atoms with Crippen LogP contribution in [0.25, 0.3) is 10.2 Å². The highest BCUT2D eigenvalue weighted by molar-refractivity contribution is 7.18. The van der Waals surface area contributed by atoms with Gasteiger partial charge in [0.15, 0.2) is 0 Å². The monoisotopic (exact) mass is 873 g/mol. The molecule has 4 N–H and O–H groups in total. The third kappa shape index (κ3) is 8.66. The lowest BCUT2D eigenvalue weighted by Crippen LogP contribution is -2.54. The van der Waals surface area contributed by atoms with Gasteiger partial charge in [-0.15, -0.1) is 11.3 Å². The van der Waals surface area contributed by atoms with E-state index in [4.69, 9.17) is 4.98 Å². The average Bonchev–Trinajstić information content (AvgIpc) is 3.77. The smallest absolute Gasteiger partial charge is 0.386 e. The van der Waals surface area contributed by atoms with Crippen molar-refractivity contribution in [2.75, 3.05) is 30.3 Å². The molecule has 6 amide bonds. The number of amides is 6. The number of hydrogen-bond donors (Lipinski definition) is 4. The predicted molar refractivity (Wildman–Crippen MR) is 222 cm³/mol. The van der Waals surface area contributed by atoms with Gasteiger partial charge in [0, 0.05) is 54.8 Å². The Morgan fingerprint density at radius 3 is 2.32 bits per heavy atom. The standard InChI is InChI=1S/C44H46F3N7O7S/c1-43(2,61)27-21-31-33(22-30(27)50-37(56)29-7-4-8-34(49-29)44(45,46)47)62-39(51-31)24-9-11-25(12-10-24)40(58)53-19-16-23(17-20-53)15-18-48-28-6-3-5-26-36(28)42(60)54(41(26)59)32-13-14-35(55)52-38(32)57/h3-8,21-25,32,48,61H,9-20H2,1-2H3,(H,50,56)(H,52,55,57).